The minimum absolute atomic E-state index is 0.402. The third-order valence-electron chi connectivity index (χ3n) is 1.97. The molecule has 0 saturated carbocycles. The number of halogens is 2. The highest BCUT2D eigenvalue weighted by Gasteiger charge is 2.05. The maximum atomic E-state index is 12.0. The second-order valence-corrected chi connectivity index (χ2v) is 3.01. The van der Waals surface area contributed by atoms with Crippen molar-refractivity contribution in [2.75, 3.05) is 11.9 Å². The third kappa shape index (κ3) is 2.18. The number of aromatic nitrogens is 2. The summed E-state index contributed by atoms with van der Waals surface area (Å²) in [5.74, 6) is 0.445. The van der Waals surface area contributed by atoms with Crippen LogP contribution in [-0.4, -0.2) is 22.9 Å². The molecule has 1 aromatic heterocycles. The second-order valence-electron chi connectivity index (χ2n) is 3.01. The van der Waals surface area contributed by atoms with Gasteiger partial charge in [-0.25, -0.2) is 18.7 Å². The summed E-state index contributed by atoms with van der Waals surface area (Å²) in [6.07, 6.45) is -1.03. The van der Waals surface area contributed by atoms with Crippen molar-refractivity contribution in [3.63, 3.8) is 0 Å². The van der Waals surface area contributed by atoms with Crippen LogP contribution in [0, 0.1) is 0 Å². The van der Waals surface area contributed by atoms with Gasteiger partial charge in [0.15, 0.2) is 0 Å². The van der Waals surface area contributed by atoms with E-state index in [2.05, 4.69) is 15.3 Å². The van der Waals surface area contributed by atoms with Gasteiger partial charge in [-0.1, -0.05) is 12.1 Å². The number of fused-ring (bicyclic) bond motifs is 1. The maximum Gasteiger partial charge on any atom is 0.255 e. The van der Waals surface area contributed by atoms with Gasteiger partial charge in [0.1, 0.15) is 12.1 Å². The van der Waals surface area contributed by atoms with Gasteiger partial charge < -0.3 is 5.32 Å². The number of nitrogens with one attached hydrogen (secondary N) is 1. The fourth-order valence-corrected chi connectivity index (χ4v) is 1.32. The number of nitrogens with zero attached hydrogens (tertiary/aromatic N) is 2. The highest BCUT2D eigenvalue weighted by atomic mass is 19.3. The number of hydrogen-bond donors (Lipinski definition) is 1. The summed E-state index contributed by atoms with van der Waals surface area (Å²) < 4.78 is 24.0. The Kier molecular flexibility index (Phi) is 2.71. The van der Waals surface area contributed by atoms with E-state index >= 15 is 0 Å². The summed E-state index contributed by atoms with van der Waals surface area (Å²) in [5.41, 5.74) is 0.740. The van der Waals surface area contributed by atoms with Gasteiger partial charge in [0.25, 0.3) is 6.43 Å². The number of anilines is 1. The molecule has 0 unspecified atom stereocenters. The van der Waals surface area contributed by atoms with Crippen LogP contribution in [0.25, 0.3) is 10.9 Å². The van der Waals surface area contributed by atoms with E-state index in [4.69, 9.17) is 0 Å². The predicted octanol–water partition coefficient (Wildman–Crippen LogP) is 2.31. The summed E-state index contributed by atoms with van der Waals surface area (Å²) >= 11 is 0. The molecule has 0 atom stereocenters. The Morgan fingerprint density at radius 2 is 2.00 bits per heavy atom. The van der Waals surface area contributed by atoms with Crippen LogP contribution in [0.15, 0.2) is 30.6 Å². The average molecular weight is 209 g/mol. The Bertz CT molecular complexity index is 454. The van der Waals surface area contributed by atoms with Gasteiger partial charge in [-0.05, 0) is 12.1 Å². The molecule has 2 rings (SSSR count). The molecule has 0 aliphatic rings. The monoisotopic (exact) mass is 209 g/mol. The molecule has 0 saturated heterocycles. The minimum Gasteiger partial charge on any atom is -0.364 e. The first-order valence-corrected chi connectivity index (χ1v) is 4.49. The molecular formula is C10H9F2N3. The van der Waals surface area contributed by atoms with Gasteiger partial charge in [0, 0.05) is 5.39 Å². The standard InChI is InChI=1S/C10H9F2N3/c11-9(12)5-13-10-7-3-1-2-4-8(7)14-6-15-10/h1-4,6,9H,5H2,(H,13,14,15). The maximum absolute atomic E-state index is 12.0. The predicted molar refractivity (Wildman–Crippen MR) is 54.0 cm³/mol. The SMILES string of the molecule is FC(F)CNc1ncnc2ccccc12. The molecule has 15 heavy (non-hydrogen) atoms. The van der Waals surface area contributed by atoms with Crippen molar-refractivity contribution >= 4 is 16.7 Å². The van der Waals surface area contributed by atoms with E-state index in [0.717, 1.165) is 10.9 Å². The van der Waals surface area contributed by atoms with E-state index in [9.17, 15) is 8.78 Å². The Hall–Kier alpha value is -1.78. The third-order valence-corrected chi connectivity index (χ3v) is 1.97. The molecule has 0 amide bonds. The van der Waals surface area contributed by atoms with Crippen molar-refractivity contribution in [1.82, 2.24) is 9.97 Å². The highest BCUT2D eigenvalue weighted by molar-refractivity contribution is 5.88. The topological polar surface area (TPSA) is 37.8 Å². The van der Waals surface area contributed by atoms with Crippen LogP contribution in [0.2, 0.25) is 0 Å². The van der Waals surface area contributed by atoms with Gasteiger partial charge in [0.2, 0.25) is 0 Å². The minimum atomic E-state index is -2.39. The van der Waals surface area contributed by atoms with Crippen LogP contribution in [-0.2, 0) is 0 Å². The lowest BCUT2D eigenvalue weighted by atomic mass is 10.2. The number of hydrogen-bond acceptors (Lipinski definition) is 3. The summed E-state index contributed by atoms with van der Waals surface area (Å²) in [5, 5.41) is 3.34. The Morgan fingerprint density at radius 1 is 1.20 bits per heavy atom. The van der Waals surface area contributed by atoms with Crippen molar-refractivity contribution in [1.29, 1.82) is 0 Å². The number of rotatable bonds is 3. The zero-order valence-corrected chi connectivity index (χ0v) is 7.82. The fraction of sp³-hybridized carbons (Fsp3) is 0.200. The smallest absolute Gasteiger partial charge is 0.255 e. The molecule has 1 heterocycles. The van der Waals surface area contributed by atoms with Crippen molar-refractivity contribution in [2.24, 2.45) is 0 Å². The molecule has 0 fully saturated rings. The molecule has 0 aliphatic heterocycles. The first kappa shape index (κ1) is 9.76. The Morgan fingerprint density at radius 3 is 2.80 bits per heavy atom. The lowest BCUT2D eigenvalue weighted by Gasteiger charge is -2.06. The van der Waals surface area contributed by atoms with Crippen molar-refractivity contribution in [3.8, 4) is 0 Å². The molecule has 1 aromatic carbocycles. The van der Waals surface area contributed by atoms with Crippen LogP contribution in [0.1, 0.15) is 0 Å². The van der Waals surface area contributed by atoms with Gasteiger partial charge in [-0.15, -0.1) is 0 Å². The molecular weight excluding hydrogens is 200 g/mol. The average Bonchev–Trinajstić information content (AvgIpc) is 2.26. The van der Waals surface area contributed by atoms with Gasteiger partial charge in [-0.2, -0.15) is 0 Å². The summed E-state index contributed by atoms with van der Waals surface area (Å²) in [4.78, 5) is 7.95. The quantitative estimate of drug-likeness (QED) is 0.842. The first-order valence-electron chi connectivity index (χ1n) is 4.49. The van der Waals surface area contributed by atoms with Gasteiger partial charge in [0.05, 0.1) is 12.1 Å². The fourth-order valence-electron chi connectivity index (χ4n) is 1.32. The van der Waals surface area contributed by atoms with Crippen LogP contribution in [0.3, 0.4) is 0 Å². The van der Waals surface area contributed by atoms with Crippen LogP contribution < -0.4 is 5.32 Å². The Labute approximate surface area is 85.2 Å². The van der Waals surface area contributed by atoms with Crippen LogP contribution >= 0.6 is 0 Å². The highest BCUT2D eigenvalue weighted by Crippen LogP contribution is 2.18. The largest absolute Gasteiger partial charge is 0.364 e. The van der Waals surface area contributed by atoms with E-state index in [1.54, 1.807) is 6.07 Å². The van der Waals surface area contributed by atoms with E-state index in [-0.39, 0.29) is 0 Å². The lowest BCUT2D eigenvalue weighted by Crippen LogP contribution is -2.11. The van der Waals surface area contributed by atoms with Crippen molar-refractivity contribution < 1.29 is 8.78 Å². The zero-order chi connectivity index (χ0) is 10.7. The molecule has 78 valence electrons. The Balaban J connectivity index is 2.34. The van der Waals surface area contributed by atoms with Gasteiger partial charge in [-0.3, -0.25) is 0 Å². The summed E-state index contributed by atoms with van der Waals surface area (Å²) in [6.45, 7) is -0.402. The molecule has 0 bridgehead atoms. The molecule has 3 nitrogen and oxygen atoms in total. The zero-order valence-electron chi connectivity index (χ0n) is 7.82. The van der Waals surface area contributed by atoms with E-state index in [0.29, 0.717) is 5.82 Å². The van der Waals surface area contributed by atoms with Crippen LogP contribution in [0.4, 0.5) is 14.6 Å². The second kappa shape index (κ2) is 4.16. The van der Waals surface area contributed by atoms with E-state index in [1.165, 1.54) is 6.33 Å². The summed E-state index contributed by atoms with van der Waals surface area (Å²) in [7, 11) is 0. The lowest BCUT2D eigenvalue weighted by molar-refractivity contribution is 0.163. The molecule has 0 aliphatic carbocycles. The number of benzene rings is 1. The van der Waals surface area contributed by atoms with Crippen molar-refractivity contribution in [3.05, 3.63) is 30.6 Å². The van der Waals surface area contributed by atoms with Gasteiger partial charge >= 0.3 is 0 Å². The normalized spacial score (nSPS) is 10.9. The molecule has 5 heteroatoms. The first-order chi connectivity index (χ1) is 7.27. The molecule has 1 N–H and O–H groups in total. The van der Waals surface area contributed by atoms with Crippen LogP contribution in [0.5, 0.6) is 0 Å². The molecule has 2 aromatic rings. The molecule has 0 radical (unpaired) electrons. The van der Waals surface area contributed by atoms with Crippen molar-refractivity contribution in [2.45, 2.75) is 6.43 Å². The number of para-hydroxylation sites is 1. The van der Waals surface area contributed by atoms with E-state index < -0.39 is 13.0 Å². The summed E-state index contributed by atoms with van der Waals surface area (Å²) in [6, 6.07) is 7.26. The van der Waals surface area contributed by atoms with E-state index in [1.807, 2.05) is 18.2 Å². The number of alkyl halides is 2. The molecule has 0 spiro atoms.